The highest BCUT2D eigenvalue weighted by Gasteiger charge is 2.34. The third-order valence-corrected chi connectivity index (χ3v) is 4.76. The van der Waals surface area contributed by atoms with E-state index < -0.39 is 6.04 Å². The average molecular weight is 367 g/mol. The zero-order valence-corrected chi connectivity index (χ0v) is 15.0. The Bertz CT molecular complexity index is 866. The third-order valence-electron chi connectivity index (χ3n) is 4.76. The Morgan fingerprint density at radius 2 is 1.74 bits per heavy atom. The molecule has 7 nitrogen and oxygen atoms in total. The van der Waals surface area contributed by atoms with E-state index in [0.717, 1.165) is 12.0 Å². The van der Waals surface area contributed by atoms with Crippen LogP contribution in [0.2, 0.25) is 0 Å². The number of urea groups is 1. The summed E-state index contributed by atoms with van der Waals surface area (Å²) in [6, 6.07) is 12.1. The number of benzene rings is 2. The number of nitrogens with zero attached hydrogens (tertiary/aromatic N) is 1. The summed E-state index contributed by atoms with van der Waals surface area (Å²) in [5, 5.41) is 5.74. The van der Waals surface area contributed by atoms with E-state index in [-0.39, 0.29) is 18.7 Å². The summed E-state index contributed by atoms with van der Waals surface area (Å²) in [5.41, 5.74) is 2.46. The topological polar surface area (TPSA) is 79.9 Å². The first-order chi connectivity index (χ1) is 13.1. The molecule has 2 aliphatic rings. The van der Waals surface area contributed by atoms with Crippen LogP contribution in [0.1, 0.15) is 18.4 Å². The summed E-state index contributed by atoms with van der Waals surface area (Å²) in [6.45, 7) is 2.72. The molecule has 0 saturated carbocycles. The van der Waals surface area contributed by atoms with Crippen molar-refractivity contribution < 1.29 is 19.1 Å². The Morgan fingerprint density at radius 1 is 1.00 bits per heavy atom. The quantitative estimate of drug-likeness (QED) is 0.872. The molecule has 0 unspecified atom stereocenters. The first-order valence-electron chi connectivity index (χ1n) is 8.95. The molecular formula is C20H21N3O4. The number of amides is 3. The minimum atomic E-state index is -0.499. The second-order valence-corrected chi connectivity index (χ2v) is 6.70. The molecule has 1 saturated heterocycles. The van der Waals surface area contributed by atoms with Crippen LogP contribution in [0.25, 0.3) is 0 Å². The molecule has 0 bridgehead atoms. The van der Waals surface area contributed by atoms with Gasteiger partial charge in [0, 0.05) is 24.0 Å². The monoisotopic (exact) mass is 367 g/mol. The number of aryl methyl sites for hydroxylation is 1. The van der Waals surface area contributed by atoms with E-state index in [2.05, 4.69) is 10.6 Å². The van der Waals surface area contributed by atoms with Gasteiger partial charge in [-0.15, -0.1) is 0 Å². The highest BCUT2D eigenvalue weighted by molar-refractivity contribution is 5.99. The van der Waals surface area contributed by atoms with Crippen molar-refractivity contribution in [1.29, 1.82) is 0 Å². The lowest BCUT2D eigenvalue weighted by Crippen LogP contribution is -2.45. The molecule has 2 aromatic carbocycles. The summed E-state index contributed by atoms with van der Waals surface area (Å²) in [5.74, 6) is 1.06. The van der Waals surface area contributed by atoms with Crippen LogP contribution >= 0.6 is 0 Å². The van der Waals surface area contributed by atoms with Crippen LogP contribution in [-0.2, 0) is 4.79 Å². The minimum Gasteiger partial charge on any atom is -0.454 e. The SMILES string of the molecule is Cc1ccc(NC(=O)N2CCC[C@H]2C(=O)Nc2ccc3c(c2)OCO3)cc1. The second-order valence-electron chi connectivity index (χ2n) is 6.70. The van der Waals surface area contributed by atoms with E-state index in [0.29, 0.717) is 35.8 Å². The number of anilines is 2. The molecule has 4 rings (SSSR count). The smallest absolute Gasteiger partial charge is 0.322 e. The van der Waals surface area contributed by atoms with E-state index >= 15 is 0 Å². The Labute approximate surface area is 157 Å². The molecule has 0 aromatic heterocycles. The number of carbonyl (C=O) groups excluding carboxylic acids is 2. The molecule has 2 aromatic rings. The van der Waals surface area contributed by atoms with Crippen LogP contribution < -0.4 is 20.1 Å². The lowest BCUT2D eigenvalue weighted by atomic mass is 10.2. The van der Waals surface area contributed by atoms with Gasteiger partial charge in [0.15, 0.2) is 11.5 Å². The van der Waals surface area contributed by atoms with E-state index in [9.17, 15) is 9.59 Å². The Kier molecular flexibility index (Phi) is 4.58. The molecule has 1 fully saturated rings. The van der Waals surface area contributed by atoms with Gasteiger partial charge in [0.05, 0.1) is 0 Å². The zero-order chi connectivity index (χ0) is 18.8. The van der Waals surface area contributed by atoms with Gasteiger partial charge >= 0.3 is 6.03 Å². The molecule has 2 heterocycles. The molecule has 140 valence electrons. The van der Waals surface area contributed by atoms with Gasteiger partial charge in [-0.05, 0) is 44.0 Å². The third kappa shape index (κ3) is 3.67. The first-order valence-corrected chi connectivity index (χ1v) is 8.95. The Morgan fingerprint density at radius 3 is 2.56 bits per heavy atom. The standard InChI is InChI=1S/C20H21N3O4/c1-13-4-6-14(7-5-13)22-20(25)23-10-2-3-16(23)19(24)21-15-8-9-17-18(11-15)27-12-26-17/h4-9,11,16H,2-3,10,12H2,1H3,(H,21,24)(H,22,25)/t16-/m0/s1. The van der Waals surface area contributed by atoms with Crippen LogP contribution in [0.15, 0.2) is 42.5 Å². The van der Waals surface area contributed by atoms with Gasteiger partial charge in [0.25, 0.3) is 0 Å². The van der Waals surface area contributed by atoms with Gasteiger partial charge in [-0.25, -0.2) is 4.79 Å². The maximum Gasteiger partial charge on any atom is 0.322 e. The molecule has 3 amide bonds. The number of likely N-dealkylation sites (tertiary alicyclic amines) is 1. The van der Waals surface area contributed by atoms with E-state index in [4.69, 9.17) is 9.47 Å². The maximum atomic E-state index is 12.7. The molecule has 1 atom stereocenters. The minimum absolute atomic E-state index is 0.183. The highest BCUT2D eigenvalue weighted by Crippen LogP contribution is 2.34. The molecule has 0 radical (unpaired) electrons. The lowest BCUT2D eigenvalue weighted by molar-refractivity contribution is -0.119. The van der Waals surface area contributed by atoms with Gasteiger partial charge in [-0.1, -0.05) is 17.7 Å². The van der Waals surface area contributed by atoms with Crippen molar-refractivity contribution in [3.63, 3.8) is 0 Å². The Balaban J connectivity index is 1.41. The van der Waals surface area contributed by atoms with Crippen LogP contribution in [0.5, 0.6) is 11.5 Å². The van der Waals surface area contributed by atoms with Gasteiger partial charge < -0.3 is 25.0 Å². The Hall–Kier alpha value is -3.22. The molecule has 27 heavy (non-hydrogen) atoms. The molecule has 7 heteroatoms. The number of fused-ring (bicyclic) bond motifs is 1. The van der Waals surface area contributed by atoms with Crippen LogP contribution in [0.3, 0.4) is 0 Å². The fourth-order valence-corrected chi connectivity index (χ4v) is 3.31. The number of rotatable bonds is 3. The van der Waals surface area contributed by atoms with Gasteiger partial charge in [-0.2, -0.15) is 0 Å². The fraction of sp³-hybridized carbons (Fsp3) is 0.300. The predicted octanol–water partition coefficient (Wildman–Crippen LogP) is 3.36. The first kappa shape index (κ1) is 17.2. The predicted molar refractivity (Wildman–Crippen MR) is 101 cm³/mol. The van der Waals surface area contributed by atoms with E-state index in [1.54, 1.807) is 23.1 Å². The number of hydrogen-bond donors (Lipinski definition) is 2. The lowest BCUT2D eigenvalue weighted by Gasteiger charge is -2.24. The normalized spacial score (nSPS) is 17.7. The molecule has 0 aliphatic carbocycles. The average Bonchev–Trinajstić information content (AvgIpc) is 3.32. The highest BCUT2D eigenvalue weighted by atomic mass is 16.7. The van der Waals surface area contributed by atoms with Crippen molar-refractivity contribution in [2.24, 2.45) is 0 Å². The zero-order valence-electron chi connectivity index (χ0n) is 15.0. The summed E-state index contributed by atoms with van der Waals surface area (Å²) < 4.78 is 10.6. The number of carbonyl (C=O) groups is 2. The van der Waals surface area contributed by atoms with Crippen molar-refractivity contribution in [3.8, 4) is 11.5 Å². The summed E-state index contributed by atoms with van der Waals surface area (Å²) in [4.78, 5) is 26.9. The molecule has 0 spiro atoms. The molecule has 2 aliphatic heterocycles. The van der Waals surface area contributed by atoms with Crippen molar-refractivity contribution in [3.05, 3.63) is 48.0 Å². The van der Waals surface area contributed by atoms with Crippen LogP contribution in [0.4, 0.5) is 16.2 Å². The van der Waals surface area contributed by atoms with E-state index in [1.165, 1.54) is 0 Å². The van der Waals surface area contributed by atoms with Crippen LogP contribution in [-0.4, -0.2) is 36.2 Å². The van der Waals surface area contributed by atoms with Crippen LogP contribution in [0, 0.1) is 6.92 Å². The number of nitrogens with one attached hydrogen (secondary N) is 2. The second kappa shape index (κ2) is 7.19. The molecular weight excluding hydrogens is 346 g/mol. The van der Waals surface area contributed by atoms with E-state index in [1.807, 2.05) is 31.2 Å². The largest absolute Gasteiger partial charge is 0.454 e. The van der Waals surface area contributed by atoms with Crippen molar-refractivity contribution >= 4 is 23.3 Å². The van der Waals surface area contributed by atoms with Crippen molar-refractivity contribution in [1.82, 2.24) is 4.90 Å². The summed E-state index contributed by atoms with van der Waals surface area (Å²) in [7, 11) is 0. The van der Waals surface area contributed by atoms with Gasteiger partial charge in [0.1, 0.15) is 6.04 Å². The summed E-state index contributed by atoms with van der Waals surface area (Å²) >= 11 is 0. The summed E-state index contributed by atoms with van der Waals surface area (Å²) in [6.07, 6.45) is 1.43. The fourth-order valence-electron chi connectivity index (χ4n) is 3.31. The number of ether oxygens (including phenoxy) is 2. The maximum absolute atomic E-state index is 12.7. The van der Waals surface area contributed by atoms with Gasteiger partial charge in [-0.3, -0.25) is 4.79 Å². The number of hydrogen-bond acceptors (Lipinski definition) is 4. The van der Waals surface area contributed by atoms with Gasteiger partial charge in [0.2, 0.25) is 12.7 Å². The van der Waals surface area contributed by atoms with Crippen molar-refractivity contribution in [2.45, 2.75) is 25.8 Å². The molecule has 2 N–H and O–H groups in total. The van der Waals surface area contributed by atoms with Crippen molar-refractivity contribution in [2.75, 3.05) is 24.0 Å².